The van der Waals surface area contributed by atoms with Crippen LogP contribution in [0.5, 0.6) is 0 Å². The van der Waals surface area contributed by atoms with Gasteiger partial charge in [0.25, 0.3) is 0 Å². The van der Waals surface area contributed by atoms with Crippen LogP contribution in [0.25, 0.3) is 11.1 Å². The molecule has 0 aliphatic heterocycles. The number of aromatic carboxylic acids is 1. The minimum absolute atomic E-state index is 0.225. The molecule has 0 saturated heterocycles. The van der Waals surface area contributed by atoms with Crippen molar-refractivity contribution in [3.63, 3.8) is 0 Å². The fourth-order valence-electron chi connectivity index (χ4n) is 3.59. The number of nitrogens with one attached hydrogen (secondary N) is 1. The highest BCUT2D eigenvalue weighted by Gasteiger charge is 2.14. The number of aliphatic hydroxyl groups is 1. The number of aliphatic hydroxyl groups excluding tert-OH is 1. The molecule has 0 bridgehead atoms. The van der Waals surface area contributed by atoms with Gasteiger partial charge in [0.2, 0.25) is 0 Å². The molecule has 0 saturated carbocycles. The first-order valence-corrected chi connectivity index (χ1v) is 11.8. The largest absolute Gasteiger partial charge is 0.478 e. The van der Waals surface area contributed by atoms with Crippen molar-refractivity contribution in [2.45, 2.75) is 49.5 Å². The van der Waals surface area contributed by atoms with E-state index < -0.39 is 12.1 Å². The van der Waals surface area contributed by atoms with Crippen molar-refractivity contribution in [1.82, 2.24) is 5.32 Å². The van der Waals surface area contributed by atoms with Crippen LogP contribution in [-0.4, -0.2) is 34.0 Å². The number of carboxylic acid groups (broad SMARTS) is 1. The topological polar surface area (TPSA) is 69.6 Å². The molecule has 0 spiro atoms. The van der Waals surface area contributed by atoms with Crippen molar-refractivity contribution in [1.29, 1.82) is 0 Å². The molecule has 2 atom stereocenters. The molecule has 3 aromatic rings. The van der Waals surface area contributed by atoms with Crippen molar-refractivity contribution < 1.29 is 15.0 Å². The molecule has 0 aliphatic rings. The summed E-state index contributed by atoms with van der Waals surface area (Å²) in [6, 6.07) is 23.8. The summed E-state index contributed by atoms with van der Waals surface area (Å²) >= 11 is 1.57. The average molecular weight is 450 g/mol. The highest BCUT2D eigenvalue weighted by atomic mass is 32.2. The Kier molecular flexibility index (Phi) is 8.51. The molecule has 3 rings (SSSR count). The molecular weight excluding hydrogens is 418 g/mol. The Balaban J connectivity index is 1.62. The molecule has 168 valence electrons. The van der Waals surface area contributed by atoms with E-state index in [9.17, 15) is 15.0 Å². The lowest BCUT2D eigenvalue weighted by Gasteiger charge is -2.18. The summed E-state index contributed by atoms with van der Waals surface area (Å²) in [5.74, 6) is -0.895. The second kappa shape index (κ2) is 11.3. The molecule has 3 N–H and O–H groups in total. The quantitative estimate of drug-likeness (QED) is 0.341. The highest BCUT2D eigenvalue weighted by molar-refractivity contribution is 8.00. The molecule has 3 aromatic carbocycles. The van der Waals surface area contributed by atoms with Crippen LogP contribution in [0.2, 0.25) is 0 Å². The minimum atomic E-state index is -0.895. The van der Waals surface area contributed by atoms with E-state index in [1.54, 1.807) is 17.8 Å². The fraction of sp³-hybridized carbons (Fsp3) is 0.296. The fourth-order valence-corrected chi connectivity index (χ4v) is 4.58. The Morgan fingerprint density at radius 1 is 0.938 bits per heavy atom. The summed E-state index contributed by atoms with van der Waals surface area (Å²) < 4.78 is 0. The molecule has 4 nitrogen and oxygen atoms in total. The maximum absolute atomic E-state index is 11.5. The predicted octanol–water partition coefficient (Wildman–Crippen LogP) is 5.81. The molecule has 5 heteroatoms. The molecule has 0 amide bonds. The van der Waals surface area contributed by atoms with Gasteiger partial charge in [-0.05, 0) is 47.7 Å². The van der Waals surface area contributed by atoms with Crippen molar-refractivity contribution >= 4 is 17.7 Å². The van der Waals surface area contributed by atoms with Crippen molar-refractivity contribution in [2.75, 3.05) is 6.54 Å². The van der Waals surface area contributed by atoms with Gasteiger partial charge in [0.05, 0.1) is 11.7 Å². The lowest BCUT2D eigenvalue weighted by molar-refractivity contribution is 0.0693. The van der Waals surface area contributed by atoms with Gasteiger partial charge in [0.15, 0.2) is 0 Å². The van der Waals surface area contributed by atoms with Crippen LogP contribution in [0, 0.1) is 0 Å². The molecule has 0 fully saturated rings. The van der Waals surface area contributed by atoms with E-state index >= 15 is 0 Å². The van der Waals surface area contributed by atoms with Crippen LogP contribution in [-0.2, 0) is 6.42 Å². The zero-order valence-corrected chi connectivity index (χ0v) is 19.6. The average Bonchev–Trinajstić information content (AvgIpc) is 2.78. The van der Waals surface area contributed by atoms with Gasteiger partial charge in [0, 0.05) is 22.7 Å². The molecule has 32 heavy (non-hydrogen) atoms. The predicted molar refractivity (Wildman–Crippen MR) is 132 cm³/mol. The summed E-state index contributed by atoms with van der Waals surface area (Å²) in [7, 11) is 0. The minimum Gasteiger partial charge on any atom is -0.478 e. The standard InChI is InChI=1S/C27H31NO3S/c1-18(2)32-26-16-23(13-14-24(26)27(30)31)21-11-9-20(10-12-21)15-19(3)28-17-25(29)22-7-5-4-6-8-22/h4-14,16,18-19,25,28-29H,15,17H2,1-3H3,(H,30,31)/t19-,25-/m1/s1. The number of rotatable bonds is 10. The van der Waals surface area contributed by atoms with Crippen LogP contribution in [0.3, 0.4) is 0 Å². The van der Waals surface area contributed by atoms with E-state index in [1.807, 2.05) is 42.5 Å². The van der Waals surface area contributed by atoms with E-state index in [-0.39, 0.29) is 6.04 Å². The smallest absolute Gasteiger partial charge is 0.336 e. The number of carbonyl (C=O) groups is 1. The molecule has 0 aromatic heterocycles. The third-order valence-corrected chi connectivity index (χ3v) is 6.31. The van der Waals surface area contributed by atoms with Gasteiger partial charge in [-0.25, -0.2) is 4.79 Å². The van der Waals surface area contributed by atoms with Crippen LogP contribution in [0.15, 0.2) is 77.7 Å². The van der Waals surface area contributed by atoms with Crippen LogP contribution in [0.1, 0.15) is 48.4 Å². The van der Waals surface area contributed by atoms with Gasteiger partial charge < -0.3 is 15.5 Å². The number of hydrogen-bond donors (Lipinski definition) is 3. The zero-order valence-electron chi connectivity index (χ0n) is 18.8. The summed E-state index contributed by atoms with van der Waals surface area (Å²) in [5, 5.41) is 23.5. The Hall–Kier alpha value is -2.60. The molecule has 0 radical (unpaired) electrons. The molecule has 0 aliphatic carbocycles. The van der Waals surface area contributed by atoms with Crippen LogP contribution < -0.4 is 5.32 Å². The van der Waals surface area contributed by atoms with Crippen molar-refractivity contribution in [2.24, 2.45) is 0 Å². The van der Waals surface area contributed by atoms with Crippen molar-refractivity contribution in [3.8, 4) is 11.1 Å². The number of benzene rings is 3. The van der Waals surface area contributed by atoms with Gasteiger partial charge in [-0.1, -0.05) is 74.5 Å². The monoisotopic (exact) mass is 449 g/mol. The Labute approximate surface area is 194 Å². The molecular formula is C27H31NO3S. The highest BCUT2D eigenvalue weighted by Crippen LogP contribution is 2.31. The molecule has 0 heterocycles. The second-order valence-corrected chi connectivity index (χ2v) is 9.94. The summed E-state index contributed by atoms with van der Waals surface area (Å²) in [5.41, 5.74) is 4.56. The van der Waals surface area contributed by atoms with E-state index in [1.165, 1.54) is 5.56 Å². The van der Waals surface area contributed by atoms with Gasteiger partial charge in [-0.3, -0.25) is 0 Å². The number of thioether (sulfide) groups is 1. The van der Waals surface area contributed by atoms with E-state index in [0.29, 0.717) is 17.4 Å². The first-order chi connectivity index (χ1) is 15.3. The first kappa shape index (κ1) is 24.1. The van der Waals surface area contributed by atoms with Gasteiger partial charge in [-0.15, -0.1) is 11.8 Å². The number of carboxylic acids is 1. The third-order valence-electron chi connectivity index (χ3n) is 5.25. The lowest BCUT2D eigenvalue weighted by Crippen LogP contribution is -2.32. The van der Waals surface area contributed by atoms with E-state index in [0.717, 1.165) is 28.0 Å². The van der Waals surface area contributed by atoms with E-state index in [4.69, 9.17) is 0 Å². The normalized spacial score (nSPS) is 13.2. The van der Waals surface area contributed by atoms with Gasteiger partial charge in [-0.2, -0.15) is 0 Å². The summed E-state index contributed by atoms with van der Waals surface area (Å²) in [6.07, 6.45) is 0.335. The van der Waals surface area contributed by atoms with Gasteiger partial charge >= 0.3 is 5.97 Å². The van der Waals surface area contributed by atoms with Gasteiger partial charge in [0.1, 0.15) is 0 Å². The second-order valence-electron chi connectivity index (χ2n) is 8.32. The third kappa shape index (κ3) is 6.70. The number of hydrogen-bond acceptors (Lipinski definition) is 4. The first-order valence-electron chi connectivity index (χ1n) is 10.9. The van der Waals surface area contributed by atoms with Crippen LogP contribution >= 0.6 is 11.8 Å². The Bertz CT molecular complexity index is 1020. The maximum Gasteiger partial charge on any atom is 0.336 e. The summed E-state index contributed by atoms with van der Waals surface area (Å²) in [4.78, 5) is 12.3. The van der Waals surface area contributed by atoms with E-state index in [2.05, 4.69) is 50.4 Å². The Morgan fingerprint density at radius 2 is 1.59 bits per heavy atom. The van der Waals surface area contributed by atoms with Crippen LogP contribution in [0.4, 0.5) is 0 Å². The van der Waals surface area contributed by atoms with Crippen molar-refractivity contribution in [3.05, 3.63) is 89.5 Å². The molecule has 0 unspecified atom stereocenters. The SMILES string of the molecule is CC(C)Sc1cc(-c2ccc(C[C@@H](C)NC[C@@H](O)c3ccccc3)cc2)ccc1C(=O)O. The zero-order chi connectivity index (χ0) is 23.1. The maximum atomic E-state index is 11.5. The lowest BCUT2D eigenvalue weighted by atomic mass is 10.00. The Morgan fingerprint density at radius 3 is 2.22 bits per heavy atom. The summed E-state index contributed by atoms with van der Waals surface area (Å²) in [6.45, 7) is 6.75.